The van der Waals surface area contributed by atoms with E-state index in [4.69, 9.17) is 0 Å². The lowest BCUT2D eigenvalue weighted by atomic mass is 9.93. The topological polar surface area (TPSA) is 0 Å². The minimum atomic E-state index is 1.12. The van der Waals surface area contributed by atoms with E-state index in [0.717, 1.165) is 4.47 Å². The zero-order chi connectivity index (χ0) is 14.2. The summed E-state index contributed by atoms with van der Waals surface area (Å²) in [6.45, 7) is 0. The molecular weight excluding hydrogens is 320 g/mol. The molecule has 4 aromatic carbocycles. The molecule has 0 N–H and O–H groups in total. The average molecular weight is 333 g/mol. The summed E-state index contributed by atoms with van der Waals surface area (Å²) in [5.74, 6) is 0. The Bertz CT molecular complexity index is 940. The van der Waals surface area contributed by atoms with Crippen molar-refractivity contribution in [1.29, 1.82) is 0 Å². The van der Waals surface area contributed by atoms with Gasteiger partial charge in [-0.1, -0.05) is 76.6 Å². The Labute approximate surface area is 132 Å². The van der Waals surface area contributed by atoms with E-state index >= 15 is 0 Å². The Kier molecular flexibility index (Phi) is 3.01. The molecule has 0 unspecified atom stereocenters. The molecule has 0 saturated heterocycles. The maximum atomic E-state index is 3.58. The Morgan fingerprint density at radius 2 is 1.29 bits per heavy atom. The summed E-state index contributed by atoms with van der Waals surface area (Å²) in [6, 6.07) is 28.0. The molecule has 0 nitrogen and oxygen atoms in total. The smallest absolute Gasteiger partial charge is 0.0181 e. The van der Waals surface area contributed by atoms with Crippen molar-refractivity contribution in [3.63, 3.8) is 0 Å². The van der Waals surface area contributed by atoms with E-state index in [0.29, 0.717) is 0 Å². The highest BCUT2D eigenvalue weighted by Gasteiger charge is 2.08. The van der Waals surface area contributed by atoms with Crippen molar-refractivity contribution in [2.24, 2.45) is 0 Å². The quantitative estimate of drug-likeness (QED) is 0.352. The lowest BCUT2D eigenvalue weighted by Crippen LogP contribution is -1.84. The summed E-state index contributed by atoms with van der Waals surface area (Å²) < 4.78 is 1.12. The van der Waals surface area contributed by atoms with Crippen LogP contribution in [0.5, 0.6) is 0 Å². The minimum absolute atomic E-state index is 1.12. The highest BCUT2D eigenvalue weighted by atomic mass is 79.9. The van der Waals surface area contributed by atoms with E-state index in [1.165, 1.54) is 32.7 Å². The van der Waals surface area contributed by atoms with Crippen LogP contribution in [0.3, 0.4) is 0 Å². The molecule has 0 amide bonds. The SMILES string of the molecule is Brc1ccc2c(c1)cc(-c1ccccc1)c1ccccc12. The van der Waals surface area contributed by atoms with Crippen molar-refractivity contribution in [3.05, 3.63) is 83.3 Å². The van der Waals surface area contributed by atoms with Gasteiger partial charge in [0.1, 0.15) is 0 Å². The van der Waals surface area contributed by atoms with Crippen LogP contribution in [0.25, 0.3) is 32.7 Å². The normalized spacial score (nSPS) is 11.1. The number of benzene rings is 4. The molecule has 0 aliphatic carbocycles. The van der Waals surface area contributed by atoms with Gasteiger partial charge in [0.25, 0.3) is 0 Å². The molecule has 0 aliphatic rings. The maximum absolute atomic E-state index is 3.58. The molecular formula is C20H13Br. The summed E-state index contributed by atoms with van der Waals surface area (Å²) in [5, 5.41) is 5.18. The van der Waals surface area contributed by atoms with Gasteiger partial charge in [0.15, 0.2) is 0 Å². The fourth-order valence-electron chi connectivity index (χ4n) is 2.94. The zero-order valence-electron chi connectivity index (χ0n) is 11.4. The summed E-state index contributed by atoms with van der Waals surface area (Å²) in [5.41, 5.74) is 2.55. The van der Waals surface area contributed by atoms with Crippen LogP contribution in [0.1, 0.15) is 0 Å². The van der Waals surface area contributed by atoms with E-state index in [9.17, 15) is 0 Å². The molecule has 4 rings (SSSR count). The highest BCUT2D eigenvalue weighted by molar-refractivity contribution is 9.10. The molecule has 0 heterocycles. The molecule has 0 bridgehead atoms. The van der Waals surface area contributed by atoms with Crippen LogP contribution in [0, 0.1) is 0 Å². The van der Waals surface area contributed by atoms with Crippen LogP contribution in [0.15, 0.2) is 83.3 Å². The zero-order valence-corrected chi connectivity index (χ0v) is 13.0. The Hall–Kier alpha value is -2.12. The number of hydrogen-bond acceptors (Lipinski definition) is 0. The van der Waals surface area contributed by atoms with Crippen molar-refractivity contribution in [2.75, 3.05) is 0 Å². The van der Waals surface area contributed by atoms with Gasteiger partial charge in [-0.15, -0.1) is 0 Å². The third-order valence-corrected chi connectivity index (χ3v) is 4.40. The van der Waals surface area contributed by atoms with Crippen molar-refractivity contribution >= 4 is 37.5 Å². The molecule has 4 aromatic rings. The van der Waals surface area contributed by atoms with Crippen molar-refractivity contribution in [3.8, 4) is 11.1 Å². The predicted octanol–water partition coefficient (Wildman–Crippen LogP) is 6.42. The van der Waals surface area contributed by atoms with Crippen molar-refractivity contribution in [1.82, 2.24) is 0 Å². The lowest BCUT2D eigenvalue weighted by Gasteiger charge is -2.11. The van der Waals surface area contributed by atoms with E-state index in [2.05, 4.69) is 94.8 Å². The van der Waals surface area contributed by atoms with Gasteiger partial charge in [-0.3, -0.25) is 0 Å². The molecule has 0 radical (unpaired) electrons. The third-order valence-electron chi connectivity index (χ3n) is 3.91. The summed E-state index contributed by atoms with van der Waals surface area (Å²) in [6.07, 6.45) is 0. The second-order valence-electron chi connectivity index (χ2n) is 5.20. The first-order valence-corrected chi connectivity index (χ1v) is 7.79. The second kappa shape index (κ2) is 5.01. The first-order valence-electron chi connectivity index (χ1n) is 6.99. The van der Waals surface area contributed by atoms with Crippen LogP contribution < -0.4 is 0 Å². The predicted molar refractivity (Wildman–Crippen MR) is 94.6 cm³/mol. The maximum Gasteiger partial charge on any atom is 0.0181 e. The number of rotatable bonds is 1. The van der Waals surface area contributed by atoms with Gasteiger partial charge in [-0.2, -0.15) is 0 Å². The van der Waals surface area contributed by atoms with Gasteiger partial charge in [-0.25, -0.2) is 0 Å². The van der Waals surface area contributed by atoms with E-state index in [1.54, 1.807) is 0 Å². The van der Waals surface area contributed by atoms with Gasteiger partial charge >= 0.3 is 0 Å². The number of fused-ring (bicyclic) bond motifs is 3. The molecule has 100 valence electrons. The monoisotopic (exact) mass is 332 g/mol. The van der Waals surface area contributed by atoms with Crippen molar-refractivity contribution < 1.29 is 0 Å². The van der Waals surface area contributed by atoms with Crippen LogP contribution in [0.4, 0.5) is 0 Å². The van der Waals surface area contributed by atoms with Crippen LogP contribution in [-0.2, 0) is 0 Å². The molecule has 21 heavy (non-hydrogen) atoms. The van der Waals surface area contributed by atoms with E-state index in [-0.39, 0.29) is 0 Å². The molecule has 1 heteroatoms. The Balaban J connectivity index is 2.18. The largest absolute Gasteiger partial charge is 0.0622 e. The van der Waals surface area contributed by atoms with Crippen LogP contribution in [0.2, 0.25) is 0 Å². The molecule has 0 aromatic heterocycles. The minimum Gasteiger partial charge on any atom is -0.0622 e. The fraction of sp³-hybridized carbons (Fsp3) is 0. The summed E-state index contributed by atoms with van der Waals surface area (Å²) in [7, 11) is 0. The highest BCUT2D eigenvalue weighted by Crippen LogP contribution is 2.35. The first kappa shape index (κ1) is 12.6. The summed E-state index contributed by atoms with van der Waals surface area (Å²) in [4.78, 5) is 0. The lowest BCUT2D eigenvalue weighted by molar-refractivity contribution is 1.66. The van der Waals surface area contributed by atoms with Gasteiger partial charge in [0.05, 0.1) is 0 Å². The second-order valence-corrected chi connectivity index (χ2v) is 6.12. The molecule has 0 saturated carbocycles. The fourth-order valence-corrected chi connectivity index (χ4v) is 3.32. The van der Waals surface area contributed by atoms with Crippen molar-refractivity contribution in [2.45, 2.75) is 0 Å². The third kappa shape index (κ3) is 2.14. The molecule has 0 spiro atoms. The van der Waals surface area contributed by atoms with Gasteiger partial charge in [0.2, 0.25) is 0 Å². The number of hydrogen-bond donors (Lipinski definition) is 0. The standard InChI is InChI=1S/C20H13Br/c21-16-10-11-17-15(12-16)13-20(14-6-2-1-3-7-14)19-9-5-4-8-18(17)19/h1-13H. The number of halogens is 1. The summed E-state index contributed by atoms with van der Waals surface area (Å²) >= 11 is 3.58. The average Bonchev–Trinajstić information content (AvgIpc) is 2.54. The van der Waals surface area contributed by atoms with Crippen LogP contribution in [-0.4, -0.2) is 0 Å². The Morgan fingerprint density at radius 1 is 0.571 bits per heavy atom. The van der Waals surface area contributed by atoms with Crippen LogP contribution >= 0.6 is 15.9 Å². The molecule has 0 atom stereocenters. The van der Waals surface area contributed by atoms with Gasteiger partial charge in [-0.05, 0) is 50.9 Å². The van der Waals surface area contributed by atoms with E-state index < -0.39 is 0 Å². The Morgan fingerprint density at radius 3 is 2.10 bits per heavy atom. The molecule has 0 aliphatic heterocycles. The van der Waals surface area contributed by atoms with Gasteiger partial charge < -0.3 is 0 Å². The van der Waals surface area contributed by atoms with E-state index in [1.807, 2.05) is 0 Å². The van der Waals surface area contributed by atoms with Gasteiger partial charge in [0, 0.05) is 4.47 Å². The molecule has 0 fully saturated rings. The first-order chi connectivity index (χ1) is 10.3.